The minimum absolute atomic E-state index is 0.0592. The molecule has 64 heavy (non-hydrogen) atoms. The van der Waals surface area contributed by atoms with Gasteiger partial charge in [0.15, 0.2) is 5.82 Å². The number of nitrogens with one attached hydrogen (secondary N) is 3. The second-order valence-corrected chi connectivity index (χ2v) is 18.1. The molecule has 9 rings (SSSR count). The number of aromatic amines is 1. The van der Waals surface area contributed by atoms with E-state index in [1.54, 1.807) is 11.2 Å². The summed E-state index contributed by atoms with van der Waals surface area (Å²) >= 11 is 0. The first kappa shape index (κ1) is 42.2. The Bertz CT molecular complexity index is 2710. The Morgan fingerprint density at radius 2 is 1.56 bits per heavy atom. The van der Waals surface area contributed by atoms with Crippen molar-refractivity contribution in [3.8, 4) is 22.5 Å². The van der Waals surface area contributed by atoms with Crippen LogP contribution >= 0.6 is 0 Å². The number of fused-ring (bicyclic) bond motifs is 1. The Morgan fingerprint density at radius 3 is 2.25 bits per heavy atom. The highest BCUT2D eigenvalue weighted by Crippen LogP contribution is 2.33. The summed E-state index contributed by atoms with van der Waals surface area (Å²) in [7, 11) is 0. The molecule has 3 aromatic carbocycles. The van der Waals surface area contributed by atoms with Gasteiger partial charge in [0.1, 0.15) is 12.0 Å². The SMILES string of the molecule is Cc1cc(-c2ncnc3[nH]c(-c4ccc(N5CCN(CC6CCN(c7ccc(N8CCC(=O)NC8=O)cc7)CC6)C(=O)C5)cc4)cc23)ccc1[C@@H](C)NC(=O)c1nc(C(C)(C)C)no1. The summed E-state index contributed by atoms with van der Waals surface area (Å²) < 4.78 is 5.24. The first-order chi connectivity index (χ1) is 30.8. The second-order valence-electron chi connectivity index (χ2n) is 18.1. The lowest BCUT2D eigenvalue weighted by atomic mass is 9.95. The van der Waals surface area contributed by atoms with E-state index >= 15 is 0 Å². The van der Waals surface area contributed by atoms with Crippen molar-refractivity contribution in [3.05, 3.63) is 102 Å². The number of imide groups is 1. The zero-order chi connectivity index (χ0) is 44.7. The largest absolute Gasteiger partial charge is 0.372 e. The van der Waals surface area contributed by atoms with Crippen LogP contribution in [-0.4, -0.2) is 99.6 Å². The molecule has 3 saturated heterocycles. The van der Waals surface area contributed by atoms with Crippen molar-refractivity contribution in [2.24, 2.45) is 5.92 Å². The standard InChI is InChI=1S/C48H53N11O5/c1-29-24-33(8-15-37(29)30(2)51-44(62)45-54-46(55-64-45)48(3,4)5)42-38-25-39(52-43(38)50-28-49-42)32-6-9-35(10-7-32)57-22-23-58(41(61)27-57)26-31-16-19-56(20-17-31)34-11-13-36(14-12-34)59-21-18-40(60)53-47(59)63/h6-15,24-25,28,30-31H,16-23,26-27H2,1-5H3,(H,51,62)(H,49,50,52)(H,53,60,63)/t30-/m1/s1. The van der Waals surface area contributed by atoms with Gasteiger partial charge in [-0.2, -0.15) is 4.98 Å². The number of rotatable bonds is 10. The van der Waals surface area contributed by atoms with Crippen molar-refractivity contribution in [2.45, 2.75) is 65.3 Å². The Balaban J connectivity index is 0.782. The number of piperazine rings is 1. The average Bonchev–Trinajstić information content (AvgIpc) is 3.97. The Labute approximate surface area is 371 Å². The van der Waals surface area contributed by atoms with Crippen LogP contribution in [0.25, 0.3) is 33.5 Å². The lowest BCUT2D eigenvalue weighted by molar-refractivity contribution is -0.131. The second kappa shape index (κ2) is 17.2. The van der Waals surface area contributed by atoms with Crippen LogP contribution in [0.2, 0.25) is 0 Å². The summed E-state index contributed by atoms with van der Waals surface area (Å²) in [5.41, 5.74) is 8.90. The van der Waals surface area contributed by atoms with Crippen LogP contribution in [0.4, 0.5) is 21.9 Å². The molecule has 3 aliphatic rings. The summed E-state index contributed by atoms with van der Waals surface area (Å²) in [5.74, 6) is 0.354. The molecule has 3 aliphatic heterocycles. The third-order valence-corrected chi connectivity index (χ3v) is 12.6. The van der Waals surface area contributed by atoms with Crippen LogP contribution in [0, 0.1) is 12.8 Å². The fourth-order valence-corrected chi connectivity index (χ4v) is 8.90. The normalized spacial score (nSPS) is 17.0. The van der Waals surface area contributed by atoms with Gasteiger partial charge in [-0.1, -0.05) is 50.2 Å². The van der Waals surface area contributed by atoms with Crippen LogP contribution in [0.5, 0.6) is 0 Å². The number of hydrogen-bond acceptors (Lipinski definition) is 11. The quantitative estimate of drug-likeness (QED) is 0.132. The number of hydrogen-bond donors (Lipinski definition) is 3. The maximum absolute atomic E-state index is 13.5. The maximum Gasteiger partial charge on any atom is 0.328 e. The zero-order valence-electron chi connectivity index (χ0n) is 36.9. The molecule has 16 nitrogen and oxygen atoms in total. The summed E-state index contributed by atoms with van der Waals surface area (Å²) in [6.45, 7) is 14.6. The minimum atomic E-state index is -0.421. The number of piperidine rings is 1. The fourth-order valence-electron chi connectivity index (χ4n) is 8.90. The van der Waals surface area contributed by atoms with Gasteiger partial charge in [-0.05, 0) is 97.8 Å². The average molecular weight is 864 g/mol. The van der Waals surface area contributed by atoms with Crippen molar-refractivity contribution < 1.29 is 23.7 Å². The molecule has 0 radical (unpaired) electrons. The van der Waals surface area contributed by atoms with Gasteiger partial charge in [0.2, 0.25) is 11.8 Å². The number of anilines is 3. The van der Waals surface area contributed by atoms with E-state index in [4.69, 9.17) is 4.52 Å². The van der Waals surface area contributed by atoms with Gasteiger partial charge in [0, 0.05) is 84.8 Å². The van der Waals surface area contributed by atoms with E-state index in [0.29, 0.717) is 37.8 Å². The topological polar surface area (TPSA) is 186 Å². The van der Waals surface area contributed by atoms with E-state index < -0.39 is 5.91 Å². The van der Waals surface area contributed by atoms with Gasteiger partial charge >= 0.3 is 17.8 Å². The van der Waals surface area contributed by atoms with Crippen LogP contribution in [0.3, 0.4) is 0 Å². The molecular weight excluding hydrogens is 811 g/mol. The van der Waals surface area contributed by atoms with Crippen LogP contribution in [-0.2, 0) is 15.0 Å². The molecule has 0 aliphatic carbocycles. The van der Waals surface area contributed by atoms with Gasteiger partial charge in [-0.15, -0.1) is 0 Å². The highest BCUT2D eigenvalue weighted by molar-refractivity contribution is 6.05. The number of aromatic nitrogens is 5. The van der Waals surface area contributed by atoms with Gasteiger partial charge < -0.3 is 29.5 Å². The van der Waals surface area contributed by atoms with Crippen molar-refractivity contribution >= 4 is 51.8 Å². The number of urea groups is 1. The molecule has 5 amide bonds. The Morgan fingerprint density at radius 1 is 0.859 bits per heavy atom. The molecule has 0 bridgehead atoms. The van der Waals surface area contributed by atoms with Gasteiger partial charge in [-0.25, -0.2) is 14.8 Å². The molecule has 3 aromatic heterocycles. The maximum atomic E-state index is 13.5. The molecule has 0 spiro atoms. The van der Waals surface area contributed by atoms with Crippen molar-refractivity contribution in [1.29, 1.82) is 0 Å². The van der Waals surface area contributed by atoms with E-state index in [2.05, 4.69) is 81.9 Å². The monoisotopic (exact) mass is 863 g/mol. The van der Waals surface area contributed by atoms with E-state index in [9.17, 15) is 19.2 Å². The third kappa shape index (κ3) is 8.76. The number of aryl methyl sites for hydroxylation is 1. The number of amides is 5. The van der Waals surface area contributed by atoms with E-state index in [0.717, 1.165) is 101 Å². The number of H-pyrrole nitrogens is 1. The summed E-state index contributed by atoms with van der Waals surface area (Å²) in [6, 6.07) is 23.7. The first-order valence-electron chi connectivity index (χ1n) is 22.0. The molecule has 330 valence electrons. The lowest BCUT2D eigenvalue weighted by Gasteiger charge is -2.40. The molecule has 16 heteroatoms. The zero-order valence-corrected chi connectivity index (χ0v) is 36.9. The highest BCUT2D eigenvalue weighted by Gasteiger charge is 2.30. The smallest absolute Gasteiger partial charge is 0.328 e. The van der Waals surface area contributed by atoms with Crippen molar-refractivity contribution in [3.63, 3.8) is 0 Å². The molecule has 6 heterocycles. The number of benzene rings is 3. The van der Waals surface area contributed by atoms with Gasteiger partial charge in [-0.3, -0.25) is 24.6 Å². The van der Waals surface area contributed by atoms with Crippen molar-refractivity contribution in [2.75, 3.05) is 60.5 Å². The molecule has 1 atom stereocenters. The summed E-state index contributed by atoms with van der Waals surface area (Å²) in [6.07, 6.45) is 3.87. The first-order valence-corrected chi connectivity index (χ1v) is 22.0. The molecule has 6 aromatic rings. The highest BCUT2D eigenvalue weighted by atomic mass is 16.5. The Hall–Kier alpha value is -7.10. The molecule has 3 N–H and O–H groups in total. The number of nitrogens with zero attached hydrogens (tertiary/aromatic N) is 8. The van der Waals surface area contributed by atoms with Crippen LogP contribution < -0.4 is 25.3 Å². The predicted octanol–water partition coefficient (Wildman–Crippen LogP) is 6.78. The van der Waals surface area contributed by atoms with E-state index in [-0.39, 0.29) is 35.2 Å². The molecule has 3 fully saturated rings. The van der Waals surface area contributed by atoms with Crippen LogP contribution in [0.1, 0.15) is 80.6 Å². The molecular formula is C48H53N11O5. The van der Waals surface area contributed by atoms with Gasteiger partial charge in [0.05, 0.1) is 18.3 Å². The lowest BCUT2D eigenvalue weighted by Crippen LogP contribution is -2.52. The minimum Gasteiger partial charge on any atom is -0.372 e. The van der Waals surface area contributed by atoms with E-state index in [1.165, 1.54) is 0 Å². The van der Waals surface area contributed by atoms with E-state index in [1.807, 2.05) is 75.9 Å². The molecule has 0 saturated carbocycles. The predicted molar refractivity (Wildman–Crippen MR) is 244 cm³/mol. The Kier molecular flexibility index (Phi) is 11.4. The summed E-state index contributed by atoms with van der Waals surface area (Å²) in [5, 5.41) is 10.2. The third-order valence-electron chi connectivity index (χ3n) is 12.6. The van der Waals surface area contributed by atoms with Crippen molar-refractivity contribution in [1.82, 2.24) is 40.6 Å². The summed E-state index contributed by atoms with van der Waals surface area (Å²) in [4.78, 5) is 75.3. The number of carbonyl (C=O) groups excluding carboxylic acids is 4. The fraction of sp³-hybridized carbons (Fsp3) is 0.375. The van der Waals surface area contributed by atoms with Gasteiger partial charge in [0.25, 0.3) is 0 Å². The molecule has 0 unspecified atom stereocenters. The van der Waals surface area contributed by atoms with Crippen LogP contribution in [0.15, 0.2) is 83.6 Å². The number of carbonyl (C=O) groups is 4.